The number of esters is 1. The van der Waals surface area contributed by atoms with Crippen LogP contribution >= 0.6 is 22.9 Å². The first kappa shape index (κ1) is 18.2. The summed E-state index contributed by atoms with van der Waals surface area (Å²) in [6.45, 7) is -0.418. The molecule has 132 valence electrons. The van der Waals surface area contributed by atoms with Crippen molar-refractivity contribution in [1.82, 2.24) is 0 Å². The first-order valence-electron chi connectivity index (χ1n) is 8.02. The molecule has 0 unspecified atom stereocenters. The molecule has 1 N–H and O–H groups in total. The molecule has 1 aliphatic carbocycles. The number of halogens is 1. The van der Waals surface area contributed by atoms with Crippen molar-refractivity contribution < 1.29 is 14.3 Å². The highest BCUT2D eigenvalue weighted by molar-refractivity contribution is 7.16. The lowest BCUT2D eigenvalue weighted by molar-refractivity contribution is -0.142. The predicted octanol–water partition coefficient (Wildman–Crippen LogP) is 3.96. The highest BCUT2D eigenvalue weighted by atomic mass is 35.5. The second-order valence-corrected chi connectivity index (χ2v) is 7.20. The largest absolute Gasteiger partial charge is 0.452 e. The second-order valence-electron chi connectivity index (χ2n) is 5.68. The van der Waals surface area contributed by atoms with Gasteiger partial charge in [-0.3, -0.25) is 4.79 Å². The fourth-order valence-corrected chi connectivity index (χ4v) is 4.18. The van der Waals surface area contributed by atoms with Crippen molar-refractivity contribution in [1.29, 1.82) is 5.26 Å². The third kappa shape index (κ3) is 4.13. The van der Waals surface area contributed by atoms with E-state index in [9.17, 15) is 14.9 Å². The summed E-state index contributed by atoms with van der Waals surface area (Å²) in [5.41, 5.74) is 2.25. The van der Waals surface area contributed by atoms with Gasteiger partial charge in [-0.25, -0.2) is 4.79 Å². The summed E-state index contributed by atoms with van der Waals surface area (Å²) in [5, 5.41) is 13.0. The molecule has 1 aliphatic rings. The van der Waals surface area contributed by atoms with E-state index >= 15 is 0 Å². The topological polar surface area (TPSA) is 79.2 Å². The van der Waals surface area contributed by atoms with Crippen LogP contribution in [-0.2, 0) is 27.2 Å². The zero-order chi connectivity index (χ0) is 18.5. The fourth-order valence-electron chi connectivity index (χ4n) is 2.73. The standard InChI is InChI=1S/C19H15ClN2O3S/c20-15-6-2-1-4-12(15)8-9-18(24)25-11-17(23)22-19-14(10-21)13-5-3-7-16(13)26-19/h1-2,4,6,8-9H,3,5,7,11H2,(H,22,23)/b9-8+. The summed E-state index contributed by atoms with van der Waals surface area (Å²) in [6.07, 6.45) is 5.59. The molecule has 0 spiro atoms. The number of nitriles is 1. The summed E-state index contributed by atoms with van der Waals surface area (Å²) >= 11 is 7.41. The highest BCUT2D eigenvalue weighted by Gasteiger charge is 2.23. The van der Waals surface area contributed by atoms with Crippen molar-refractivity contribution in [3.63, 3.8) is 0 Å². The number of amides is 1. The number of carbonyl (C=O) groups excluding carboxylic acids is 2. The van der Waals surface area contributed by atoms with Crippen molar-refractivity contribution >= 4 is 45.9 Å². The molecule has 2 aromatic rings. The van der Waals surface area contributed by atoms with E-state index in [1.54, 1.807) is 24.3 Å². The van der Waals surface area contributed by atoms with Gasteiger partial charge in [-0.2, -0.15) is 5.26 Å². The molecule has 0 bridgehead atoms. The van der Waals surface area contributed by atoms with Gasteiger partial charge in [0.05, 0.1) is 5.56 Å². The third-order valence-corrected chi connectivity index (χ3v) is 5.49. The summed E-state index contributed by atoms with van der Waals surface area (Å²) in [4.78, 5) is 24.9. The zero-order valence-corrected chi connectivity index (χ0v) is 15.3. The third-order valence-electron chi connectivity index (χ3n) is 3.94. The van der Waals surface area contributed by atoms with Crippen LogP contribution in [0.1, 0.15) is 28.0 Å². The number of rotatable bonds is 5. The number of benzene rings is 1. The van der Waals surface area contributed by atoms with Crippen molar-refractivity contribution in [3.8, 4) is 6.07 Å². The number of anilines is 1. The molecule has 0 radical (unpaired) electrons. The Balaban J connectivity index is 1.54. The molecule has 0 atom stereocenters. The maximum absolute atomic E-state index is 12.0. The van der Waals surface area contributed by atoms with Crippen LogP contribution in [0.5, 0.6) is 0 Å². The minimum absolute atomic E-state index is 0.418. The van der Waals surface area contributed by atoms with Crippen molar-refractivity contribution in [3.05, 3.63) is 56.9 Å². The van der Waals surface area contributed by atoms with E-state index < -0.39 is 18.5 Å². The van der Waals surface area contributed by atoms with E-state index in [1.165, 1.54) is 23.5 Å². The van der Waals surface area contributed by atoms with E-state index in [1.807, 2.05) is 0 Å². The average Bonchev–Trinajstić information content (AvgIpc) is 3.19. The van der Waals surface area contributed by atoms with E-state index in [-0.39, 0.29) is 0 Å². The molecule has 1 aromatic carbocycles. The van der Waals surface area contributed by atoms with Gasteiger partial charge >= 0.3 is 5.97 Å². The van der Waals surface area contributed by atoms with Crippen LogP contribution in [0, 0.1) is 11.3 Å². The van der Waals surface area contributed by atoms with Gasteiger partial charge in [-0.05, 0) is 42.5 Å². The number of carbonyl (C=O) groups is 2. The van der Waals surface area contributed by atoms with Gasteiger partial charge in [0.25, 0.3) is 5.91 Å². The van der Waals surface area contributed by atoms with Crippen LogP contribution in [0.2, 0.25) is 5.02 Å². The number of hydrogen-bond acceptors (Lipinski definition) is 5. The molecular formula is C19H15ClN2O3S. The van der Waals surface area contributed by atoms with Gasteiger partial charge in [-0.1, -0.05) is 29.8 Å². The van der Waals surface area contributed by atoms with E-state index in [0.717, 1.165) is 29.7 Å². The van der Waals surface area contributed by atoms with E-state index in [4.69, 9.17) is 16.3 Å². The zero-order valence-electron chi connectivity index (χ0n) is 13.8. The molecular weight excluding hydrogens is 372 g/mol. The van der Waals surface area contributed by atoms with Crippen LogP contribution in [-0.4, -0.2) is 18.5 Å². The Morgan fingerprint density at radius 3 is 2.92 bits per heavy atom. The van der Waals surface area contributed by atoms with Gasteiger partial charge < -0.3 is 10.1 Å². The molecule has 0 saturated carbocycles. The number of thiophene rings is 1. The number of hydrogen-bond donors (Lipinski definition) is 1. The quantitative estimate of drug-likeness (QED) is 0.623. The smallest absolute Gasteiger partial charge is 0.331 e. The lowest BCUT2D eigenvalue weighted by Gasteiger charge is -2.04. The van der Waals surface area contributed by atoms with Gasteiger partial charge in [0.1, 0.15) is 11.1 Å². The lowest BCUT2D eigenvalue weighted by Crippen LogP contribution is -2.20. The molecule has 7 heteroatoms. The van der Waals surface area contributed by atoms with Crippen molar-refractivity contribution in [2.24, 2.45) is 0 Å². The molecule has 5 nitrogen and oxygen atoms in total. The monoisotopic (exact) mass is 386 g/mol. The van der Waals surface area contributed by atoms with Crippen LogP contribution in [0.3, 0.4) is 0 Å². The minimum atomic E-state index is -0.644. The number of ether oxygens (including phenoxy) is 1. The Bertz CT molecular complexity index is 927. The van der Waals surface area contributed by atoms with Gasteiger partial charge in [0.2, 0.25) is 0 Å². The first-order valence-corrected chi connectivity index (χ1v) is 9.22. The van der Waals surface area contributed by atoms with Crippen molar-refractivity contribution in [2.75, 3.05) is 11.9 Å². The Morgan fingerprint density at radius 2 is 2.15 bits per heavy atom. The number of nitrogens with one attached hydrogen (secondary N) is 1. The predicted molar refractivity (Wildman–Crippen MR) is 101 cm³/mol. The second kappa shape index (κ2) is 8.17. The fraction of sp³-hybridized carbons (Fsp3) is 0.211. The molecule has 26 heavy (non-hydrogen) atoms. The molecule has 0 aliphatic heterocycles. The first-order chi connectivity index (χ1) is 12.6. The molecule has 1 heterocycles. The summed E-state index contributed by atoms with van der Waals surface area (Å²) in [5.74, 6) is -1.12. The highest BCUT2D eigenvalue weighted by Crippen LogP contribution is 2.38. The lowest BCUT2D eigenvalue weighted by atomic mass is 10.1. The number of nitrogens with zero attached hydrogens (tertiary/aromatic N) is 1. The Morgan fingerprint density at radius 1 is 1.35 bits per heavy atom. The van der Waals surface area contributed by atoms with Gasteiger partial charge in [-0.15, -0.1) is 11.3 Å². The Kier molecular flexibility index (Phi) is 5.71. The summed E-state index contributed by atoms with van der Waals surface area (Å²) < 4.78 is 4.93. The molecule has 3 rings (SSSR count). The van der Waals surface area contributed by atoms with E-state index in [0.29, 0.717) is 21.2 Å². The summed E-state index contributed by atoms with van der Waals surface area (Å²) in [7, 11) is 0. The maximum atomic E-state index is 12.0. The van der Waals surface area contributed by atoms with Crippen LogP contribution in [0.15, 0.2) is 30.3 Å². The van der Waals surface area contributed by atoms with Gasteiger partial charge in [0.15, 0.2) is 6.61 Å². The molecule has 1 aromatic heterocycles. The Labute approximate surface area is 159 Å². The SMILES string of the molecule is N#Cc1c(NC(=O)COC(=O)/C=C/c2ccccc2Cl)sc2c1CCC2. The van der Waals surface area contributed by atoms with Crippen LogP contribution in [0.25, 0.3) is 6.08 Å². The summed E-state index contributed by atoms with van der Waals surface area (Å²) in [6, 6.07) is 9.22. The minimum Gasteiger partial charge on any atom is -0.452 e. The molecule has 0 fully saturated rings. The van der Waals surface area contributed by atoms with Gasteiger partial charge in [0, 0.05) is 16.0 Å². The number of fused-ring (bicyclic) bond motifs is 1. The molecule has 0 saturated heterocycles. The Hall–Kier alpha value is -2.62. The van der Waals surface area contributed by atoms with E-state index in [2.05, 4.69) is 11.4 Å². The van der Waals surface area contributed by atoms with Crippen LogP contribution in [0.4, 0.5) is 5.00 Å². The normalized spacial score (nSPS) is 12.6. The molecule has 1 amide bonds. The average molecular weight is 387 g/mol. The van der Waals surface area contributed by atoms with Crippen LogP contribution < -0.4 is 5.32 Å². The maximum Gasteiger partial charge on any atom is 0.331 e. The van der Waals surface area contributed by atoms with Crippen molar-refractivity contribution in [2.45, 2.75) is 19.3 Å². The number of aryl methyl sites for hydroxylation is 1.